The fourth-order valence-electron chi connectivity index (χ4n) is 9.77. The zero-order valence-electron chi connectivity index (χ0n) is 32.6. The van der Waals surface area contributed by atoms with Gasteiger partial charge in [-0.25, -0.2) is 15.0 Å². The van der Waals surface area contributed by atoms with Gasteiger partial charge in [0, 0.05) is 60.6 Å². The first-order valence-corrected chi connectivity index (χ1v) is 20.2. The molecule has 0 radical (unpaired) electrons. The summed E-state index contributed by atoms with van der Waals surface area (Å²) in [6, 6.07) is 66.8. The minimum atomic E-state index is -0.249. The zero-order chi connectivity index (χ0) is 39.2. The number of aromatic nitrogens is 5. The predicted octanol–water partition coefficient (Wildman–Crippen LogP) is 13.4. The number of nitrogens with zero attached hydrogens (tertiary/aromatic N) is 5. The second kappa shape index (κ2) is 12.7. The van der Waals surface area contributed by atoms with Crippen molar-refractivity contribution < 1.29 is 0 Å². The van der Waals surface area contributed by atoms with Crippen LogP contribution in [0.3, 0.4) is 0 Å². The van der Waals surface area contributed by atoms with Gasteiger partial charge < -0.3 is 9.13 Å². The lowest BCUT2D eigenvalue weighted by atomic mass is 9.80. The summed E-state index contributed by atoms with van der Waals surface area (Å²) in [6.07, 6.45) is 0. The first kappa shape index (κ1) is 33.5. The summed E-state index contributed by atoms with van der Waals surface area (Å²) in [4.78, 5) is 15.0. The highest BCUT2D eigenvalue weighted by atomic mass is 15.0. The smallest absolute Gasteiger partial charge is 0.164 e. The van der Waals surface area contributed by atoms with Gasteiger partial charge in [0.1, 0.15) is 0 Å². The Morgan fingerprint density at radius 1 is 0.390 bits per heavy atom. The Hall–Kier alpha value is -7.63. The Balaban J connectivity index is 1.17. The Bertz CT molecular complexity index is 3380. The van der Waals surface area contributed by atoms with E-state index >= 15 is 0 Å². The molecule has 0 saturated carbocycles. The molecule has 0 fully saturated rings. The number of rotatable bonds is 5. The van der Waals surface area contributed by atoms with Crippen molar-refractivity contribution >= 4 is 43.6 Å². The van der Waals surface area contributed by atoms with Crippen LogP contribution < -0.4 is 0 Å². The molecule has 12 rings (SSSR count). The molecule has 278 valence electrons. The van der Waals surface area contributed by atoms with E-state index in [2.05, 4.69) is 150 Å². The summed E-state index contributed by atoms with van der Waals surface area (Å²) in [7, 11) is 0. The van der Waals surface area contributed by atoms with E-state index in [-0.39, 0.29) is 5.41 Å². The molecule has 0 bridgehead atoms. The highest BCUT2D eigenvalue weighted by Gasteiger charge is 2.41. The minimum absolute atomic E-state index is 0.249. The first-order chi connectivity index (χ1) is 29.1. The molecule has 5 heteroatoms. The maximum absolute atomic E-state index is 5.04. The average Bonchev–Trinajstić information content (AvgIpc) is 3.90. The normalized spacial score (nSPS) is 13.1. The van der Waals surface area contributed by atoms with E-state index in [1.807, 2.05) is 60.7 Å². The van der Waals surface area contributed by atoms with Crippen molar-refractivity contribution in [3.8, 4) is 56.7 Å². The molecule has 0 spiro atoms. The van der Waals surface area contributed by atoms with Crippen LogP contribution in [0.4, 0.5) is 0 Å². The third-order valence-electron chi connectivity index (χ3n) is 12.3. The summed E-state index contributed by atoms with van der Waals surface area (Å²) >= 11 is 0. The second-order valence-corrected chi connectivity index (χ2v) is 16.0. The van der Waals surface area contributed by atoms with Crippen LogP contribution in [0.1, 0.15) is 25.0 Å². The summed E-state index contributed by atoms with van der Waals surface area (Å²) in [5.41, 5.74) is 15.0. The van der Waals surface area contributed by atoms with E-state index in [0.717, 1.165) is 33.6 Å². The molecule has 0 atom stereocenters. The number of hydrogen-bond acceptors (Lipinski definition) is 3. The molecule has 0 saturated heterocycles. The van der Waals surface area contributed by atoms with Gasteiger partial charge in [-0.15, -0.1) is 0 Å². The highest BCUT2D eigenvalue weighted by molar-refractivity contribution is 6.31. The summed E-state index contributed by atoms with van der Waals surface area (Å²) in [5.74, 6) is 1.93. The van der Waals surface area contributed by atoms with Gasteiger partial charge in [-0.1, -0.05) is 153 Å². The topological polar surface area (TPSA) is 48.5 Å². The van der Waals surface area contributed by atoms with Gasteiger partial charge >= 0.3 is 0 Å². The molecule has 0 aliphatic heterocycles. The fraction of sp³-hybridized carbons (Fsp3) is 0.0556. The van der Waals surface area contributed by atoms with Crippen molar-refractivity contribution in [3.05, 3.63) is 199 Å². The monoisotopic (exact) mass is 755 g/mol. The first-order valence-electron chi connectivity index (χ1n) is 20.2. The molecule has 3 aromatic heterocycles. The lowest BCUT2D eigenvalue weighted by Gasteiger charge is -2.23. The van der Waals surface area contributed by atoms with E-state index in [0.29, 0.717) is 17.5 Å². The molecule has 8 aromatic carbocycles. The summed E-state index contributed by atoms with van der Waals surface area (Å²) < 4.78 is 5.00. The molecule has 11 aromatic rings. The van der Waals surface area contributed by atoms with Gasteiger partial charge in [0.25, 0.3) is 0 Å². The van der Waals surface area contributed by atoms with Crippen LogP contribution in [0, 0.1) is 0 Å². The molecule has 59 heavy (non-hydrogen) atoms. The Labute approximate surface area is 341 Å². The van der Waals surface area contributed by atoms with Crippen molar-refractivity contribution in [1.29, 1.82) is 0 Å². The largest absolute Gasteiger partial charge is 0.309 e. The van der Waals surface area contributed by atoms with Crippen LogP contribution in [0.5, 0.6) is 0 Å². The van der Waals surface area contributed by atoms with E-state index in [9.17, 15) is 0 Å². The van der Waals surface area contributed by atoms with Crippen molar-refractivity contribution in [2.24, 2.45) is 0 Å². The Morgan fingerprint density at radius 3 is 1.42 bits per heavy atom. The Morgan fingerprint density at radius 2 is 0.831 bits per heavy atom. The zero-order valence-corrected chi connectivity index (χ0v) is 32.6. The van der Waals surface area contributed by atoms with Gasteiger partial charge in [0.05, 0.1) is 22.1 Å². The van der Waals surface area contributed by atoms with Crippen LogP contribution in [0.25, 0.3) is 100 Å². The van der Waals surface area contributed by atoms with Crippen LogP contribution in [0.2, 0.25) is 0 Å². The van der Waals surface area contributed by atoms with Crippen LogP contribution in [-0.4, -0.2) is 24.1 Å². The second-order valence-electron chi connectivity index (χ2n) is 16.0. The minimum Gasteiger partial charge on any atom is -0.309 e. The number of fused-ring (bicyclic) bond motifs is 12. The van der Waals surface area contributed by atoms with Gasteiger partial charge in [0.15, 0.2) is 17.5 Å². The van der Waals surface area contributed by atoms with E-state index < -0.39 is 0 Å². The van der Waals surface area contributed by atoms with Crippen molar-refractivity contribution in [3.63, 3.8) is 0 Å². The van der Waals surface area contributed by atoms with Gasteiger partial charge in [-0.2, -0.15) is 0 Å². The van der Waals surface area contributed by atoms with E-state index in [1.165, 1.54) is 60.3 Å². The van der Waals surface area contributed by atoms with Gasteiger partial charge in [0.2, 0.25) is 0 Å². The molecular weight excluding hydrogens is 719 g/mol. The van der Waals surface area contributed by atoms with E-state index in [4.69, 9.17) is 15.0 Å². The highest BCUT2D eigenvalue weighted by Crippen LogP contribution is 2.58. The standard InChI is InChI=1S/C54H37N5/c1-54(2)42-27-15-12-24-39(42)45-48(54)46-40-25-13-16-28-43(40)58(37-22-10-5-11-23-37)50(46)47-41-26-14-17-29-44(41)59(49(45)47)38-32-30-36(31-33-38)53-56-51(34-18-6-3-7-19-34)55-52(57-53)35-20-8-4-9-21-35/h3-33H,1-2H3. The van der Waals surface area contributed by atoms with Gasteiger partial charge in [-0.3, -0.25) is 0 Å². The average molecular weight is 756 g/mol. The van der Waals surface area contributed by atoms with E-state index in [1.54, 1.807) is 0 Å². The predicted molar refractivity (Wildman–Crippen MR) is 242 cm³/mol. The fourth-order valence-corrected chi connectivity index (χ4v) is 9.77. The SMILES string of the molecule is CC1(C)c2ccccc2-c2c1c1c3ccccc3n(-c3ccccc3)c1c1c3ccccc3n(-c3ccc(-c4nc(-c5ccccc5)nc(-c5ccccc5)n4)cc3)c21. The number of hydrogen-bond donors (Lipinski definition) is 0. The van der Waals surface area contributed by atoms with Crippen LogP contribution >= 0.6 is 0 Å². The molecule has 3 heterocycles. The number of para-hydroxylation sites is 3. The molecule has 1 aliphatic carbocycles. The van der Waals surface area contributed by atoms with Gasteiger partial charge in [-0.05, 0) is 65.2 Å². The lowest BCUT2D eigenvalue weighted by molar-refractivity contribution is 0.667. The quantitative estimate of drug-likeness (QED) is 0.176. The van der Waals surface area contributed by atoms with Crippen molar-refractivity contribution in [1.82, 2.24) is 24.1 Å². The third-order valence-corrected chi connectivity index (χ3v) is 12.3. The Kier molecular flexibility index (Phi) is 7.20. The van der Waals surface area contributed by atoms with Crippen LogP contribution in [-0.2, 0) is 5.41 Å². The van der Waals surface area contributed by atoms with Crippen molar-refractivity contribution in [2.75, 3.05) is 0 Å². The van der Waals surface area contributed by atoms with Crippen molar-refractivity contribution in [2.45, 2.75) is 19.3 Å². The van der Waals surface area contributed by atoms with Crippen LogP contribution in [0.15, 0.2) is 188 Å². The third kappa shape index (κ3) is 4.88. The molecule has 5 nitrogen and oxygen atoms in total. The summed E-state index contributed by atoms with van der Waals surface area (Å²) in [5, 5.41) is 5.07. The molecule has 0 N–H and O–H groups in total. The molecular formula is C54H37N5. The maximum Gasteiger partial charge on any atom is 0.164 e. The summed E-state index contributed by atoms with van der Waals surface area (Å²) in [6.45, 7) is 4.81. The molecule has 0 unspecified atom stereocenters. The lowest BCUT2D eigenvalue weighted by Crippen LogP contribution is -2.15. The number of benzene rings is 8. The maximum atomic E-state index is 5.04. The molecule has 0 amide bonds. The molecule has 1 aliphatic rings.